The van der Waals surface area contributed by atoms with Gasteiger partial charge < -0.3 is 0 Å². The van der Waals surface area contributed by atoms with Crippen LogP contribution in [0, 0.1) is 0 Å². The SMILES string of the molecule is O=C(Cl)c1ccc2nnccc2c1. The van der Waals surface area contributed by atoms with Gasteiger partial charge in [0.2, 0.25) is 0 Å². The molecule has 0 saturated carbocycles. The predicted octanol–water partition coefficient (Wildman–Crippen LogP) is 2.01. The van der Waals surface area contributed by atoms with Crippen LogP contribution in [0.4, 0.5) is 0 Å². The highest BCUT2D eigenvalue weighted by Crippen LogP contribution is 2.13. The van der Waals surface area contributed by atoms with Crippen molar-refractivity contribution in [2.45, 2.75) is 0 Å². The molecule has 0 amide bonds. The first kappa shape index (κ1) is 8.13. The number of hydrogen-bond acceptors (Lipinski definition) is 3. The first-order valence-electron chi connectivity index (χ1n) is 3.68. The molecule has 0 aliphatic carbocycles. The van der Waals surface area contributed by atoms with E-state index in [0.29, 0.717) is 5.56 Å². The van der Waals surface area contributed by atoms with E-state index in [1.165, 1.54) is 0 Å². The van der Waals surface area contributed by atoms with Gasteiger partial charge in [-0.1, -0.05) is 0 Å². The van der Waals surface area contributed by atoms with E-state index in [9.17, 15) is 4.79 Å². The molecule has 0 aliphatic heterocycles. The monoisotopic (exact) mass is 192 g/mol. The Kier molecular flexibility index (Phi) is 1.94. The van der Waals surface area contributed by atoms with E-state index in [1.807, 2.05) is 0 Å². The Bertz CT molecular complexity index is 470. The summed E-state index contributed by atoms with van der Waals surface area (Å²) in [6, 6.07) is 6.83. The van der Waals surface area contributed by atoms with Crippen molar-refractivity contribution in [1.29, 1.82) is 0 Å². The number of hydrogen-bond donors (Lipinski definition) is 0. The lowest BCUT2D eigenvalue weighted by molar-refractivity contribution is 0.108. The van der Waals surface area contributed by atoms with Gasteiger partial charge in [-0.25, -0.2) is 0 Å². The smallest absolute Gasteiger partial charge is 0.252 e. The zero-order valence-corrected chi connectivity index (χ0v) is 7.32. The summed E-state index contributed by atoms with van der Waals surface area (Å²) >= 11 is 5.33. The summed E-state index contributed by atoms with van der Waals surface area (Å²) in [6.07, 6.45) is 1.57. The van der Waals surface area contributed by atoms with E-state index in [0.717, 1.165) is 10.9 Å². The molecule has 64 valence electrons. The second-order valence-corrected chi connectivity index (χ2v) is 2.92. The Morgan fingerprint density at radius 3 is 2.92 bits per heavy atom. The molecule has 13 heavy (non-hydrogen) atoms. The summed E-state index contributed by atoms with van der Waals surface area (Å²) in [7, 11) is 0. The fourth-order valence-corrected chi connectivity index (χ4v) is 1.23. The number of fused-ring (bicyclic) bond motifs is 1. The van der Waals surface area contributed by atoms with Crippen LogP contribution in [0.15, 0.2) is 30.5 Å². The summed E-state index contributed by atoms with van der Waals surface area (Å²) in [5.74, 6) is 0. The average Bonchev–Trinajstić information content (AvgIpc) is 2.17. The Morgan fingerprint density at radius 1 is 1.31 bits per heavy atom. The molecule has 4 heteroatoms. The van der Waals surface area contributed by atoms with E-state index < -0.39 is 5.24 Å². The summed E-state index contributed by atoms with van der Waals surface area (Å²) in [6.45, 7) is 0. The Balaban J connectivity index is 2.69. The fourth-order valence-electron chi connectivity index (χ4n) is 1.11. The summed E-state index contributed by atoms with van der Waals surface area (Å²) < 4.78 is 0. The molecule has 0 unspecified atom stereocenters. The molecule has 0 saturated heterocycles. The van der Waals surface area contributed by atoms with Gasteiger partial charge in [0.25, 0.3) is 5.24 Å². The number of halogens is 1. The van der Waals surface area contributed by atoms with Crippen LogP contribution in [0.2, 0.25) is 0 Å². The van der Waals surface area contributed by atoms with Crippen molar-refractivity contribution in [3.63, 3.8) is 0 Å². The van der Waals surface area contributed by atoms with Gasteiger partial charge in [0.1, 0.15) is 0 Å². The third-order valence-electron chi connectivity index (χ3n) is 1.74. The number of carbonyl (C=O) groups excluding carboxylic acids is 1. The molecular weight excluding hydrogens is 188 g/mol. The van der Waals surface area contributed by atoms with Crippen molar-refractivity contribution in [3.05, 3.63) is 36.0 Å². The van der Waals surface area contributed by atoms with Crippen molar-refractivity contribution < 1.29 is 4.79 Å². The molecule has 3 nitrogen and oxygen atoms in total. The van der Waals surface area contributed by atoms with E-state index in [1.54, 1.807) is 30.5 Å². The molecule has 0 atom stereocenters. The minimum absolute atomic E-state index is 0.460. The summed E-state index contributed by atoms with van der Waals surface area (Å²) in [5.41, 5.74) is 1.23. The van der Waals surface area contributed by atoms with E-state index in [-0.39, 0.29) is 0 Å². The number of rotatable bonds is 1. The average molecular weight is 193 g/mol. The van der Waals surface area contributed by atoms with Crippen molar-refractivity contribution >= 4 is 27.7 Å². The summed E-state index contributed by atoms with van der Waals surface area (Å²) in [5, 5.41) is 8.00. The van der Waals surface area contributed by atoms with Gasteiger partial charge in [-0.2, -0.15) is 10.2 Å². The van der Waals surface area contributed by atoms with Crippen LogP contribution in [0.1, 0.15) is 10.4 Å². The number of carbonyl (C=O) groups is 1. The van der Waals surface area contributed by atoms with Crippen molar-refractivity contribution in [1.82, 2.24) is 10.2 Å². The fraction of sp³-hybridized carbons (Fsp3) is 0. The molecule has 0 fully saturated rings. The standard InChI is InChI=1S/C9H5ClN2O/c10-9(13)7-1-2-8-6(5-7)3-4-11-12-8/h1-5H. The number of nitrogens with zero attached hydrogens (tertiary/aromatic N) is 2. The minimum atomic E-state index is -0.460. The first-order chi connectivity index (χ1) is 6.27. The molecule has 0 spiro atoms. The maximum atomic E-state index is 10.8. The maximum absolute atomic E-state index is 10.8. The van der Waals surface area contributed by atoms with Gasteiger partial charge in [-0.15, -0.1) is 0 Å². The van der Waals surface area contributed by atoms with Gasteiger partial charge in [-0.3, -0.25) is 4.79 Å². The highest BCUT2D eigenvalue weighted by atomic mass is 35.5. The highest BCUT2D eigenvalue weighted by molar-refractivity contribution is 6.67. The molecule has 0 bridgehead atoms. The van der Waals surface area contributed by atoms with Crippen LogP contribution in [0.5, 0.6) is 0 Å². The second kappa shape index (κ2) is 3.11. The van der Waals surface area contributed by atoms with Gasteiger partial charge in [0.05, 0.1) is 11.7 Å². The maximum Gasteiger partial charge on any atom is 0.252 e. The third-order valence-corrected chi connectivity index (χ3v) is 1.96. The molecule has 2 rings (SSSR count). The number of aromatic nitrogens is 2. The molecule has 1 aromatic heterocycles. The Labute approximate surface area is 79.4 Å². The van der Waals surface area contributed by atoms with Crippen LogP contribution in [0.25, 0.3) is 10.9 Å². The lowest BCUT2D eigenvalue weighted by Gasteiger charge is -1.96. The predicted molar refractivity (Wildman–Crippen MR) is 49.7 cm³/mol. The zero-order valence-electron chi connectivity index (χ0n) is 6.57. The normalized spacial score (nSPS) is 10.2. The molecule has 0 aliphatic rings. The molecule has 0 N–H and O–H groups in total. The van der Waals surface area contributed by atoms with Crippen LogP contribution in [0.3, 0.4) is 0 Å². The van der Waals surface area contributed by atoms with Crippen molar-refractivity contribution in [2.24, 2.45) is 0 Å². The largest absolute Gasteiger partial charge is 0.276 e. The molecular formula is C9H5ClN2O. The zero-order chi connectivity index (χ0) is 9.26. The van der Waals surface area contributed by atoms with Crippen molar-refractivity contribution in [2.75, 3.05) is 0 Å². The van der Waals surface area contributed by atoms with Gasteiger partial charge in [0, 0.05) is 10.9 Å². The Hall–Kier alpha value is -1.48. The highest BCUT2D eigenvalue weighted by Gasteiger charge is 2.02. The number of benzene rings is 1. The molecule has 0 radical (unpaired) electrons. The lowest BCUT2D eigenvalue weighted by Crippen LogP contribution is -1.89. The second-order valence-electron chi connectivity index (χ2n) is 2.58. The van der Waals surface area contributed by atoms with E-state index in [4.69, 9.17) is 11.6 Å². The minimum Gasteiger partial charge on any atom is -0.276 e. The molecule has 1 aromatic carbocycles. The first-order valence-corrected chi connectivity index (χ1v) is 4.06. The van der Waals surface area contributed by atoms with Crippen LogP contribution >= 0.6 is 11.6 Å². The third kappa shape index (κ3) is 1.51. The van der Waals surface area contributed by atoms with E-state index >= 15 is 0 Å². The van der Waals surface area contributed by atoms with Crippen LogP contribution in [-0.2, 0) is 0 Å². The van der Waals surface area contributed by atoms with Crippen molar-refractivity contribution in [3.8, 4) is 0 Å². The topological polar surface area (TPSA) is 42.9 Å². The van der Waals surface area contributed by atoms with E-state index in [2.05, 4.69) is 10.2 Å². The Morgan fingerprint density at radius 2 is 2.15 bits per heavy atom. The summed E-state index contributed by atoms with van der Waals surface area (Å²) in [4.78, 5) is 10.8. The van der Waals surface area contributed by atoms with Crippen LogP contribution in [-0.4, -0.2) is 15.4 Å². The quantitative estimate of drug-likeness (QED) is 0.650. The van der Waals surface area contributed by atoms with Gasteiger partial charge >= 0.3 is 0 Å². The lowest BCUT2D eigenvalue weighted by atomic mass is 10.1. The van der Waals surface area contributed by atoms with Gasteiger partial charge in [0.15, 0.2) is 0 Å². The molecule has 1 heterocycles. The van der Waals surface area contributed by atoms with Gasteiger partial charge in [-0.05, 0) is 35.9 Å². The van der Waals surface area contributed by atoms with Crippen LogP contribution < -0.4 is 0 Å². The molecule has 2 aromatic rings.